The number of hydrogen-bond donors (Lipinski definition) is 5. The Kier molecular flexibility index (Phi) is 15.6. The fourth-order valence-electron chi connectivity index (χ4n) is 3.16. The molecule has 0 radical (unpaired) electrons. The van der Waals surface area contributed by atoms with Crippen molar-refractivity contribution < 1.29 is 50.9 Å². The highest BCUT2D eigenvalue weighted by Gasteiger charge is 2.38. The Bertz CT molecular complexity index is 814. The second-order valence-electron chi connectivity index (χ2n) is 8.00. The molecule has 6 N–H and O–H groups in total. The molecule has 1 aromatic heterocycles. The Morgan fingerprint density at radius 3 is 2.03 bits per heavy atom. The normalized spacial score (nSPS) is 14.5. The number of H-pyrrole nitrogens is 1. The van der Waals surface area contributed by atoms with Crippen LogP contribution in [0.5, 0.6) is 0 Å². The number of carbonyl (C=O) groups is 3. The molecule has 0 saturated heterocycles. The molecule has 1 aliphatic rings. The van der Waals surface area contributed by atoms with Crippen LogP contribution in [-0.4, -0.2) is 62.9 Å². The van der Waals surface area contributed by atoms with Gasteiger partial charge in [0.05, 0.1) is 6.33 Å². The first-order chi connectivity index (χ1) is 17.1. The molecule has 1 aliphatic carbocycles. The van der Waals surface area contributed by atoms with Gasteiger partial charge in [0.25, 0.3) is 0 Å². The van der Waals surface area contributed by atoms with Crippen molar-refractivity contribution in [3.05, 3.63) is 18.2 Å². The molecule has 0 aliphatic heterocycles. The monoisotopic (exact) mass is 547 g/mol. The predicted molar refractivity (Wildman–Crippen MR) is 119 cm³/mol. The molecular weight excluding hydrogens is 516 g/mol. The smallest absolute Gasteiger partial charge is 0.475 e. The number of guanidine groups is 1. The summed E-state index contributed by atoms with van der Waals surface area (Å²) in [5.74, 6) is -4.47. The highest BCUT2D eigenvalue weighted by molar-refractivity contribution is 5.96. The van der Waals surface area contributed by atoms with Crippen molar-refractivity contribution in [2.45, 2.75) is 76.6 Å². The van der Waals surface area contributed by atoms with Crippen molar-refractivity contribution in [3.8, 4) is 0 Å². The number of halogens is 6. The number of carbonyl (C=O) groups excluding carboxylic acids is 1. The lowest BCUT2D eigenvalue weighted by Gasteiger charge is -2.21. The number of alkyl halides is 6. The summed E-state index contributed by atoms with van der Waals surface area (Å²) in [5, 5.41) is 16.9. The topological polar surface area (TPSA) is 171 Å². The molecule has 16 heteroatoms. The van der Waals surface area contributed by atoms with E-state index in [1.165, 1.54) is 32.1 Å². The third kappa shape index (κ3) is 18.6. The van der Waals surface area contributed by atoms with E-state index in [4.69, 9.17) is 25.5 Å². The van der Waals surface area contributed by atoms with E-state index in [2.05, 4.69) is 20.3 Å². The van der Waals surface area contributed by atoms with Crippen molar-refractivity contribution in [2.24, 2.45) is 16.6 Å². The van der Waals surface area contributed by atoms with Gasteiger partial charge >= 0.3 is 24.3 Å². The Morgan fingerprint density at radius 1 is 1.03 bits per heavy atom. The van der Waals surface area contributed by atoms with E-state index in [0.29, 0.717) is 13.0 Å². The fourth-order valence-corrected chi connectivity index (χ4v) is 3.16. The molecule has 1 amide bonds. The maximum atomic E-state index is 11.8. The number of imidazole rings is 1. The third-order valence-corrected chi connectivity index (χ3v) is 4.93. The fraction of sp³-hybridized carbons (Fsp3) is 0.667. The lowest BCUT2D eigenvalue weighted by molar-refractivity contribution is -0.193. The number of carboxylic acids is 2. The molecule has 2 rings (SSSR count). The van der Waals surface area contributed by atoms with E-state index in [9.17, 15) is 31.1 Å². The van der Waals surface area contributed by atoms with Gasteiger partial charge in [0.2, 0.25) is 5.91 Å². The zero-order valence-corrected chi connectivity index (χ0v) is 19.9. The van der Waals surface area contributed by atoms with Crippen molar-refractivity contribution in [3.63, 3.8) is 0 Å². The lowest BCUT2D eigenvalue weighted by atomic mass is 9.86. The van der Waals surface area contributed by atoms with Crippen LogP contribution < -0.4 is 11.1 Å². The number of hydrogen-bond acceptors (Lipinski definition) is 5. The lowest BCUT2D eigenvalue weighted by Crippen LogP contribution is -2.36. The summed E-state index contributed by atoms with van der Waals surface area (Å²) in [7, 11) is 0. The molecular formula is C21H31F6N5O5. The minimum atomic E-state index is -5.08. The van der Waals surface area contributed by atoms with Crippen LogP contribution in [0.3, 0.4) is 0 Å². The van der Waals surface area contributed by atoms with Gasteiger partial charge in [-0.15, -0.1) is 0 Å². The summed E-state index contributed by atoms with van der Waals surface area (Å²) in [6, 6.07) is 0. The molecule has 1 saturated carbocycles. The average Bonchev–Trinajstić information content (AvgIpc) is 3.30. The second-order valence-corrected chi connectivity index (χ2v) is 8.00. The second kappa shape index (κ2) is 17.2. The Hall–Kier alpha value is -3.33. The number of aromatic nitrogens is 2. The number of nitrogens with zero attached hydrogens (tertiary/aromatic N) is 2. The zero-order chi connectivity index (χ0) is 28.5. The largest absolute Gasteiger partial charge is 0.490 e. The van der Waals surface area contributed by atoms with Crippen LogP contribution in [-0.2, 0) is 20.8 Å². The molecule has 0 unspecified atom stereocenters. The highest BCUT2D eigenvalue weighted by Crippen LogP contribution is 2.27. The Labute approximate surface area is 208 Å². The molecule has 1 heterocycles. The molecule has 1 aromatic rings. The van der Waals surface area contributed by atoms with Gasteiger partial charge in [-0.05, 0) is 31.6 Å². The minimum Gasteiger partial charge on any atom is -0.475 e. The number of aryl methyl sites for hydroxylation is 1. The minimum absolute atomic E-state index is 0.0179. The maximum absolute atomic E-state index is 11.8. The number of aliphatic imine (C=N–C) groups is 1. The van der Waals surface area contributed by atoms with Gasteiger partial charge in [0.15, 0.2) is 5.96 Å². The van der Waals surface area contributed by atoms with Crippen molar-refractivity contribution in [1.29, 1.82) is 0 Å². The number of rotatable bonds is 8. The molecule has 0 bridgehead atoms. The first-order valence-corrected chi connectivity index (χ1v) is 11.3. The number of nitrogens with one attached hydrogen (secondary N) is 2. The van der Waals surface area contributed by atoms with Gasteiger partial charge < -0.3 is 20.9 Å². The highest BCUT2D eigenvalue weighted by atomic mass is 19.4. The third-order valence-electron chi connectivity index (χ3n) is 4.93. The molecule has 0 aromatic carbocycles. The Morgan fingerprint density at radius 2 is 1.57 bits per heavy atom. The van der Waals surface area contributed by atoms with E-state index >= 15 is 0 Å². The molecule has 37 heavy (non-hydrogen) atoms. The van der Waals surface area contributed by atoms with Crippen LogP contribution in [0.1, 0.15) is 63.5 Å². The van der Waals surface area contributed by atoms with Crippen molar-refractivity contribution in [1.82, 2.24) is 15.3 Å². The number of amides is 1. The summed E-state index contributed by atoms with van der Waals surface area (Å²) < 4.78 is 63.5. The van der Waals surface area contributed by atoms with Gasteiger partial charge in [-0.2, -0.15) is 26.3 Å². The zero-order valence-electron chi connectivity index (χ0n) is 19.9. The van der Waals surface area contributed by atoms with Gasteiger partial charge in [0, 0.05) is 24.9 Å². The summed E-state index contributed by atoms with van der Waals surface area (Å²) in [6.45, 7) is 0.604. The average molecular weight is 547 g/mol. The van der Waals surface area contributed by atoms with Crippen molar-refractivity contribution in [2.75, 3.05) is 6.54 Å². The van der Waals surface area contributed by atoms with Crippen LogP contribution in [0.4, 0.5) is 26.3 Å². The van der Waals surface area contributed by atoms with E-state index in [1.54, 1.807) is 12.5 Å². The van der Waals surface area contributed by atoms with E-state index in [1.807, 2.05) is 0 Å². The molecule has 212 valence electrons. The summed E-state index contributed by atoms with van der Waals surface area (Å²) >= 11 is 0. The van der Waals surface area contributed by atoms with E-state index in [-0.39, 0.29) is 11.9 Å². The van der Waals surface area contributed by atoms with Gasteiger partial charge in [-0.3, -0.25) is 15.1 Å². The number of aromatic amines is 1. The first-order valence-electron chi connectivity index (χ1n) is 11.3. The van der Waals surface area contributed by atoms with Crippen LogP contribution >= 0.6 is 0 Å². The van der Waals surface area contributed by atoms with E-state index < -0.39 is 24.3 Å². The van der Waals surface area contributed by atoms with Crippen LogP contribution in [0, 0.1) is 5.92 Å². The van der Waals surface area contributed by atoms with Gasteiger partial charge in [-0.1, -0.05) is 32.1 Å². The van der Waals surface area contributed by atoms with E-state index in [0.717, 1.165) is 37.3 Å². The summed E-state index contributed by atoms with van der Waals surface area (Å²) in [4.78, 5) is 40.8. The molecule has 1 fully saturated rings. The summed E-state index contributed by atoms with van der Waals surface area (Å²) in [5.41, 5.74) is 6.83. The summed E-state index contributed by atoms with van der Waals surface area (Å²) in [6.07, 6.45) is 4.48. The number of nitrogens with two attached hydrogens (primary N) is 1. The number of carboxylic acid groups (broad SMARTS) is 2. The maximum Gasteiger partial charge on any atom is 0.490 e. The van der Waals surface area contributed by atoms with Gasteiger partial charge in [-0.25, -0.2) is 14.6 Å². The SMILES string of the molecule is NC(=NCCCc1cnc[nH]1)NC(=O)CCCC1CCCCC1.O=C(O)C(F)(F)F.O=C(O)C(F)(F)F. The molecule has 10 nitrogen and oxygen atoms in total. The van der Waals surface area contributed by atoms with Crippen LogP contribution in [0.25, 0.3) is 0 Å². The quantitative estimate of drug-likeness (QED) is 0.143. The van der Waals surface area contributed by atoms with Gasteiger partial charge in [0.1, 0.15) is 0 Å². The predicted octanol–water partition coefficient (Wildman–Crippen LogP) is 3.79. The Balaban J connectivity index is 0.000000761. The first kappa shape index (κ1) is 33.7. The molecule has 0 spiro atoms. The number of aliphatic carboxylic acids is 2. The van der Waals surface area contributed by atoms with Crippen LogP contribution in [0.15, 0.2) is 17.5 Å². The van der Waals surface area contributed by atoms with Crippen molar-refractivity contribution >= 4 is 23.8 Å². The standard InChI is InChI=1S/C17H29N5O.2C2HF3O2/c18-17(20-11-5-9-15-12-19-13-21-15)22-16(23)10-4-8-14-6-2-1-3-7-14;2*3-2(4,5)1(6)7/h12-14H,1-11H2,(H,19,21)(H3,18,20,22,23);2*(H,6,7). The molecule has 0 atom stereocenters. The van der Waals surface area contributed by atoms with Crippen LogP contribution in [0.2, 0.25) is 0 Å².